The number of ether oxygens (including phenoxy) is 3. The number of methoxy groups -OCH3 is 1. The summed E-state index contributed by atoms with van der Waals surface area (Å²) in [5.74, 6) is 0. The standard InChI is InChI=1S/C9H18NO4/c1-7(12-5)13-6-10-8(11)14-9(2,3)4/h7H,6H2,1-5H3. The van der Waals surface area contributed by atoms with Gasteiger partial charge < -0.3 is 14.2 Å². The van der Waals surface area contributed by atoms with Crippen molar-refractivity contribution in [3.05, 3.63) is 0 Å². The van der Waals surface area contributed by atoms with Crippen molar-refractivity contribution < 1.29 is 19.0 Å². The monoisotopic (exact) mass is 204 g/mol. The number of carbonyl (C=O) groups excluding carboxylic acids is 1. The molecule has 0 aliphatic heterocycles. The van der Waals surface area contributed by atoms with Crippen LogP contribution < -0.4 is 5.32 Å². The predicted molar refractivity (Wildman–Crippen MR) is 50.8 cm³/mol. The van der Waals surface area contributed by atoms with Crippen LogP contribution in [0.1, 0.15) is 27.7 Å². The SMILES string of the molecule is COC(C)OC[N]C(=O)OC(C)(C)C. The summed E-state index contributed by atoms with van der Waals surface area (Å²) in [4.78, 5) is 11.0. The molecule has 0 aromatic heterocycles. The fourth-order valence-electron chi connectivity index (χ4n) is 0.557. The van der Waals surface area contributed by atoms with Crippen molar-refractivity contribution in [1.29, 1.82) is 0 Å². The molecule has 0 spiro atoms. The van der Waals surface area contributed by atoms with Gasteiger partial charge in [-0.25, -0.2) is 4.79 Å². The second-order valence-corrected chi connectivity index (χ2v) is 3.74. The molecule has 0 aliphatic rings. The van der Waals surface area contributed by atoms with Gasteiger partial charge in [-0.15, -0.1) is 0 Å². The minimum absolute atomic E-state index is 0.0517. The summed E-state index contributed by atoms with van der Waals surface area (Å²) in [6, 6.07) is 0. The zero-order valence-corrected chi connectivity index (χ0v) is 9.36. The van der Waals surface area contributed by atoms with Gasteiger partial charge in [-0.05, 0) is 27.7 Å². The maximum Gasteiger partial charge on any atom is 0.431 e. The third-order valence-electron chi connectivity index (χ3n) is 1.23. The molecule has 1 unspecified atom stereocenters. The lowest BCUT2D eigenvalue weighted by atomic mass is 10.2. The highest BCUT2D eigenvalue weighted by atomic mass is 16.7. The van der Waals surface area contributed by atoms with Crippen LogP contribution in [0.15, 0.2) is 0 Å². The summed E-state index contributed by atoms with van der Waals surface area (Å²) in [5, 5.41) is 3.53. The third-order valence-corrected chi connectivity index (χ3v) is 1.23. The topological polar surface area (TPSA) is 58.9 Å². The molecule has 0 bridgehead atoms. The second-order valence-electron chi connectivity index (χ2n) is 3.74. The fourth-order valence-corrected chi connectivity index (χ4v) is 0.557. The van der Waals surface area contributed by atoms with Gasteiger partial charge in [-0.1, -0.05) is 0 Å². The molecule has 0 aliphatic carbocycles. The summed E-state index contributed by atoms with van der Waals surface area (Å²) in [6.45, 7) is 6.99. The highest BCUT2D eigenvalue weighted by molar-refractivity contribution is 5.67. The van der Waals surface area contributed by atoms with Crippen molar-refractivity contribution in [3.63, 3.8) is 0 Å². The first-order valence-electron chi connectivity index (χ1n) is 4.40. The van der Waals surface area contributed by atoms with Gasteiger partial charge in [0.2, 0.25) is 0 Å². The Morgan fingerprint density at radius 1 is 1.43 bits per heavy atom. The quantitative estimate of drug-likeness (QED) is 0.651. The molecule has 0 saturated carbocycles. The zero-order valence-electron chi connectivity index (χ0n) is 9.36. The summed E-state index contributed by atoms with van der Waals surface area (Å²) in [6.07, 6.45) is -0.998. The molecule has 1 radical (unpaired) electrons. The lowest BCUT2D eigenvalue weighted by molar-refractivity contribution is -0.116. The number of nitrogens with zero attached hydrogens (tertiary/aromatic N) is 1. The number of rotatable bonds is 4. The van der Waals surface area contributed by atoms with E-state index in [1.807, 2.05) is 0 Å². The van der Waals surface area contributed by atoms with Crippen LogP contribution in [-0.4, -0.2) is 31.8 Å². The van der Waals surface area contributed by atoms with E-state index < -0.39 is 11.7 Å². The Balaban J connectivity index is 3.55. The molecule has 1 atom stereocenters. The van der Waals surface area contributed by atoms with Gasteiger partial charge in [0.05, 0.1) is 0 Å². The molecule has 0 heterocycles. The van der Waals surface area contributed by atoms with Gasteiger partial charge in [-0.2, -0.15) is 5.32 Å². The number of hydrogen-bond acceptors (Lipinski definition) is 4. The molecule has 5 nitrogen and oxygen atoms in total. The van der Waals surface area contributed by atoms with Crippen LogP contribution in [0.25, 0.3) is 0 Å². The molecule has 1 amide bonds. The highest BCUT2D eigenvalue weighted by Gasteiger charge is 2.16. The van der Waals surface area contributed by atoms with Crippen molar-refractivity contribution >= 4 is 6.09 Å². The Bertz CT molecular complexity index is 176. The van der Waals surface area contributed by atoms with Gasteiger partial charge in [0.1, 0.15) is 12.3 Å². The molecule has 0 saturated heterocycles. The average molecular weight is 204 g/mol. The van der Waals surface area contributed by atoms with Gasteiger partial charge in [0.15, 0.2) is 6.29 Å². The lowest BCUT2D eigenvalue weighted by Crippen LogP contribution is -2.30. The summed E-state index contributed by atoms with van der Waals surface area (Å²) in [5.41, 5.74) is -0.520. The Morgan fingerprint density at radius 3 is 2.43 bits per heavy atom. The van der Waals surface area contributed by atoms with Gasteiger partial charge in [0.25, 0.3) is 0 Å². The first kappa shape index (κ1) is 13.2. The third kappa shape index (κ3) is 7.82. The zero-order chi connectivity index (χ0) is 11.2. The number of carbonyl (C=O) groups is 1. The molecule has 83 valence electrons. The molecule has 0 aromatic rings. The van der Waals surface area contributed by atoms with E-state index in [4.69, 9.17) is 14.2 Å². The Labute approximate surface area is 84.7 Å². The predicted octanol–water partition coefficient (Wildman–Crippen LogP) is 1.49. The Hall–Kier alpha value is -0.810. The summed E-state index contributed by atoms with van der Waals surface area (Å²) < 4.78 is 14.7. The summed E-state index contributed by atoms with van der Waals surface area (Å²) in [7, 11) is 1.51. The first-order chi connectivity index (χ1) is 6.35. The van der Waals surface area contributed by atoms with E-state index in [2.05, 4.69) is 5.32 Å². The summed E-state index contributed by atoms with van der Waals surface area (Å²) >= 11 is 0. The van der Waals surface area contributed by atoms with Crippen molar-refractivity contribution in [2.75, 3.05) is 13.8 Å². The normalized spacial score (nSPS) is 13.5. The molecule has 0 rings (SSSR count). The smallest absolute Gasteiger partial charge is 0.431 e. The highest BCUT2D eigenvalue weighted by Crippen LogP contribution is 2.06. The van der Waals surface area contributed by atoms with Crippen molar-refractivity contribution in [2.45, 2.75) is 39.6 Å². The van der Waals surface area contributed by atoms with Crippen molar-refractivity contribution in [3.8, 4) is 0 Å². The first-order valence-corrected chi connectivity index (χ1v) is 4.40. The minimum atomic E-state index is -0.624. The van der Waals surface area contributed by atoms with Crippen LogP contribution in [0.2, 0.25) is 0 Å². The van der Waals surface area contributed by atoms with Crippen LogP contribution in [0.4, 0.5) is 4.79 Å². The van der Waals surface area contributed by atoms with Crippen LogP contribution in [0, 0.1) is 0 Å². The van der Waals surface area contributed by atoms with E-state index in [9.17, 15) is 4.79 Å². The molecular formula is C9H18NO4. The van der Waals surface area contributed by atoms with E-state index in [1.165, 1.54) is 7.11 Å². The molecular weight excluding hydrogens is 186 g/mol. The van der Waals surface area contributed by atoms with Gasteiger partial charge >= 0.3 is 6.09 Å². The largest absolute Gasteiger partial charge is 0.442 e. The fraction of sp³-hybridized carbons (Fsp3) is 0.889. The molecule has 0 fully saturated rings. The van der Waals surface area contributed by atoms with Gasteiger partial charge in [-0.3, -0.25) is 0 Å². The maximum absolute atomic E-state index is 11.0. The van der Waals surface area contributed by atoms with E-state index in [0.717, 1.165) is 0 Å². The van der Waals surface area contributed by atoms with Gasteiger partial charge in [0, 0.05) is 7.11 Å². The minimum Gasteiger partial charge on any atom is -0.442 e. The maximum atomic E-state index is 11.0. The van der Waals surface area contributed by atoms with Crippen LogP contribution in [0.5, 0.6) is 0 Å². The van der Waals surface area contributed by atoms with Crippen LogP contribution in [-0.2, 0) is 14.2 Å². The van der Waals surface area contributed by atoms with Crippen LogP contribution >= 0.6 is 0 Å². The van der Waals surface area contributed by atoms with Crippen LogP contribution in [0.3, 0.4) is 0 Å². The second kappa shape index (κ2) is 5.82. The number of hydrogen-bond donors (Lipinski definition) is 0. The Kier molecular flexibility index (Phi) is 5.49. The Morgan fingerprint density at radius 2 is 2.00 bits per heavy atom. The average Bonchev–Trinajstić information content (AvgIpc) is 2.00. The van der Waals surface area contributed by atoms with E-state index in [-0.39, 0.29) is 13.0 Å². The lowest BCUT2D eigenvalue weighted by Gasteiger charge is -2.19. The molecule has 5 heteroatoms. The number of amides is 1. The molecule has 0 aromatic carbocycles. The van der Waals surface area contributed by atoms with E-state index >= 15 is 0 Å². The van der Waals surface area contributed by atoms with E-state index in [1.54, 1.807) is 27.7 Å². The van der Waals surface area contributed by atoms with E-state index in [0.29, 0.717) is 0 Å². The van der Waals surface area contributed by atoms with Crippen molar-refractivity contribution in [1.82, 2.24) is 5.32 Å². The molecule has 0 N–H and O–H groups in total. The molecule has 14 heavy (non-hydrogen) atoms. The van der Waals surface area contributed by atoms with Crippen molar-refractivity contribution in [2.24, 2.45) is 0 Å².